The van der Waals surface area contributed by atoms with Crippen LogP contribution in [0.2, 0.25) is 5.15 Å². The molecule has 1 fully saturated rings. The van der Waals surface area contributed by atoms with E-state index in [0.29, 0.717) is 11.7 Å². The fourth-order valence-corrected chi connectivity index (χ4v) is 3.28. The Morgan fingerprint density at radius 1 is 1.35 bits per heavy atom. The van der Waals surface area contributed by atoms with Crippen molar-refractivity contribution in [2.75, 3.05) is 6.54 Å². The van der Waals surface area contributed by atoms with Gasteiger partial charge in [-0.1, -0.05) is 29.8 Å². The number of benzene rings is 1. The molecule has 1 amide bonds. The smallest absolute Gasteiger partial charge is 0.410 e. The van der Waals surface area contributed by atoms with E-state index in [2.05, 4.69) is 4.98 Å². The van der Waals surface area contributed by atoms with Gasteiger partial charge in [0.05, 0.1) is 11.6 Å². The second-order valence-electron chi connectivity index (χ2n) is 6.88. The van der Waals surface area contributed by atoms with Crippen molar-refractivity contribution in [2.45, 2.75) is 45.3 Å². The van der Waals surface area contributed by atoms with Gasteiger partial charge in [-0.15, -0.1) is 0 Å². The Morgan fingerprint density at radius 3 is 2.83 bits per heavy atom. The molecule has 2 aromatic rings. The Morgan fingerprint density at radius 2 is 2.09 bits per heavy atom. The minimum Gasteiger partial charge on any atom is -0.444 e. The molecule has 3 rings (SSSR count). The van der Waals surface area contributed by atoms with E-state index in [9.17, 15) is 4.79 Å². The van der Waals surface area contributed by atoms with Gasteiger partial charge in [0.2, 0.25) is 0 Å². The van der Waals surface area contributed by atoms with E-state index < -0.39 is 5.60 Å². The molecule has 0 aliphatic carbocycles. The summed E-state index contributed by atoms with van der Waals surface area (Å²) in [5, 5.41) is 1.49. The summed E-state index contributed by atoms with van der Waals surface area (Å²) in [6.07, 6.45) is 1.60. The van der Waals surface area contributed by atoms with E-state index in [1.54, 1.807) is 0 Å². The van der Waals surface area contributed by atoms with Crippen molar-refractivity contribution in [3.8, 4) is 0 Å². The highest BCUT2D eigenvalue weighted by Crippen LogP contribution is 2.37. The van der Waals surface area contributed by atoms with E-state index in [-0.39, 0.29) is 12.1 Å². The average molecular weight is 333 g/mol. The molecule has 1 aliphatic heterocycles. The van der Waals surface area contributed by atoms with Crippen LogP contribution in [-0.4, -0.2) is 28.1 Å². The van der Waals surface area contributed by atoms with E-state index >= 15 is 0 Å². The van der Waals surface area contributed by atoms with Crippen molar-refractivity contribution in [1.82, 2.24) is 9.88 Å². The van der Waals surface area contributed by atoms with Crippen LogP contribution in [0.1, 0.15) is 45.2 Å². The fraction of sp³-hybridized carbons (Fsp3) is 0.444. The first-order chi connectivity index (χ1) is 10.8. The molecule has 0 N–H and O–H groups in total. The zero-order chi connectivity index (χ0) is 16.6. The van der Waals surface area contributed by atoms with E-state index in [0.717, 1.165) is 29.3 Å². The number of halogens is 1. The van der Waals surface area contributed by atoms with E-state index in [1.807, 2.05) is 56.0 Å². The summed E-state index contributed by atoms with van der Waals surface area (Å²) in [6, 6.07) is 9.74. The highest BCUT2D eigenvalue weighted by atomic mass is 35.5. The third-order valence-corrected chi connectivity index (χ3v) is 4.15. The highest BCUT2D eigenvalue weighted by molar-refractivity contribution is 6.30. The van der Waals surface area contributed by atoms with Crippen LogP contribution in [0.15, 0.2) is 30.3 Å². The number of rotatable bonds is 1. The van der Waals surface area contributed by atoms with Gasteiger partial charge >= 0.3 is 6.09 Å². The van der Waals surface area contributed by atoms with Crippen molar-refractivity contribution in [2.24, 2.45) is 0 Å². The molecule has 1 atom stereocenters. The first-order valence-corrected chi connectivity index (χ1v) is 8.28. The molecular weight excluding hydrogens is 312 g/mol. The predicted octanol–water partition coefficient (Wildman–Crippen LogP) is 4.96. The number of hydrogen-bond acceptors (Lipinski definition) is 3. The third kappa shape index (κ3) is 3.42. The minimum atomic E-state index is -0.498. The molecule has 122 valence electrons. The maximum atomic E-state index is 12.5. The van der Waals surface area contributed by atoms with E-state index in [1.165, 1.54) is 0 Å². The summed E-state index contributed by atoms with van der Waals surface area (Å²) >= 11 is 6.19. The molecule has 0 saturated carbocycles. The van der Waals surface area contributed by atoms with Crippen LogP contribution >= 0.6 is 11.6 Å². The standard InChI is InChI=1S/C18H21ClN2O2/c1-18(2,3)23-17(22)21-10-6-9-15(21)13-11-16(19)20-14-8-5-4-7-12(13)14/h4-5,7-8,11,15H,6,9-10H2,1-3H3/t15-/m0/s1. The number of carbonyl (C=O) groups is 1. The monoisotopic (exact) mass is 332 g/mol. The maximum Gasteiger partial charge on any atom is 0.410 e. The molecule has 0 radical (unpaired) electrons. The summed E-state index contributed by atoms with van der Waals surface area (Å²) in [6.45, 7) is 6.35. The number of para-hydroxylation sites is 1. The van der Waals surface area contributed by atoms with Crippen molar-refractivity contribution in [3.63, 3.8) is 0 Å². The Kier molecular flexibility index (Phi) is 4.19. The quantitative estimate of drug-likeness (QED) is 0.693. The Labute approximate surface area is 141 Å². The second kappa shape index (κ2) is 6.00. The average Bonchev–Trinajstić information content (AvgIpc) is 2.93. The molecule has 0 unspecified atom stereocenters. The second-order valence-corrected chi connectivity index (χ2v) is 7.27. The van der Waals surface area contributed by atoms with Gasteiger partial charge in [-0.3, -0.25) is 0 Å². The summed E-state index contributed by atoms with van der Waals surface area (Å²) in [5.74, 6) is 0. The minimum absolute atomic E-state index is 0.0183. The number of amides is 1. The van der Waals surface area contributed by atoms with Crippen LogP contribution in [0, 0.1) is 0 Å². The van der Waals surface area contributed by atoms with Gasteiger partial charge in [0.15, 0.2) is 0 Å². The number of pyridine rings is 1. The molecule has 5 heteroatoms. The lowest BCUT2D eigenvalue weighted by Gasteiger charge is -2.29. The Hall–Kier alpha value is -1.81. The van der Waals surface area contributed by atoms with Gasteiger partial charge < -0.3 is 9.64 Å². The molecule has 2 heterocycles. The molecule has 1 aromatic heterocycles. The van der Waals surface area contributed by atoms with Gasteiger partial charge in [-0.2, -0.15) is 0 Å². The Bertz CT molecular complexity index is 739. The summed E-state index contributed by atoms with van der Waals surface area (Å²) < 4.78 is 5.55. The highest BCUT2D eigenvalue weighted by Gasteiger charge is 2.34. The number of nitrogens with zero attached hydrogens (tertiary/aromatic N) is 2. The molecule has 1 aromatic carbocycles. The lowest BCUT2D eigenvalue weighted by Crippen LogP contribution is -2.36. The third-order valence-electron chi connectivity index (χ3n) is 3.96. The normalized spacial score (nSPS) is 18.4. The molecule has 4 nitrogen and oxygen atoms in total. The van der Waals surface area contributed by atoms with Crippen LogP contribution in [0.25, 0.3) is 10.9 Å². The number of hydrogen-bond donors (Lipinski definition) is 0. The number of ether oxygens (including phenoxy) is 1. The fourth-order valence-electron chi connectivity index (χ4n) is 3.07. The molecule has 1 saturated heterocycles. The van der Waals surface area contributed by atoms with Gasteiger partial charge in [0.25, 0.3) is 0 Å². The topological polar surface area (TPSA) is 42.4 Å². The lowest BCUT2D eigenvalue weighted by molar-refractivity contribution is 0.0225. The largest absolute Gasteiger partial charge is 0.444 e. The molecule has 23 heavy (non-hydrogen) atoms. The van der Waals surface area contributed by atoms with Crippen molar-refractivity contribution < 1.29 is 9.53 Å². The molecule has 0 spiro atoms. The summed E-state index contributed by atoms with van der Waals surface area (Å²) in [7, 11) is 0. The first-order valence-electron chi connectivity index (χ1n) is 7.90. The van der Waals surface area contributed by atoms with E-state index in [4.69, 9.17) is 16.3 Å². The summed E-state index contributed by atoms with van der Waals surface area (Å²) in [4.78, 5) is 18.7. The van der Waals surface area contributed by atoms with Crippen molar-refractivity contribution in [1.29, 1.82) is 0 Å². The molecular formula is C18H21ClN2O2. The van der Waals surface area contributed by atoms with Gasteiger partial charge in [0.1, 0.15) is 10.8 Å². The number of likely N-dealkylation sites (tertiary alicyclic amines) is 1. The lowest BCUT2D eigenvalue weighted by atomic mass is 10.0. The number of fused-ring (bicyclic) bond motifs is 1. The molecule has 0 bridgehead atoms. The zero-order valence-electron chi connectivity index (χ0n) is 13.7. The van der Waals surface area contributed by atoms with Crippen LogP contribution in [0.4, 0.5) is 4.79 Å². The van der Waals surface area contributed by atoms with Crippen molar-refractivity contribution >= 4 is 28.6 Å². The first kappa shape index (κ1) is 16.1. The SMILES string of the molecule is CC(C)(C)OC(=O)N1CCC[C@H]1c1cc(Cl)nc2ccccc12. The van der Waals surface area contributed by atoms with Crippen LogP contribution in [0.5, 0.6) is 0 Å². The van der Waals surface area contributed by atoms with Crippen LogP contribution < -0.4 is 0 Å². The van der Waals surface area contributed by atoms with Gasteiger partial charge in [-0.05, 0) is 51.3 Å². The van der Waals surface area contributed by atoms with Gasteiger partial charge in [-0.25, -0.2) is 9.78 Å². The number of aromatic nitrogens is 1. The summed E-state index contributed by atoms with van der Waals surface area (Å²) in [5.41, 5.74) is 1.40. The van der Waals surface area contributed by atoms with Crippen LogP contribution in [-0.2, 0) is 4.74 Å². The van der Waals surface area contributed by atoms with Crippen molar-refractivity contribution in [3.05, 3.63) is 41.0 Å². The zero-order valence-corrected chi connectivity index (χ0v) is 14.4. The Balaban J connectivity index is 1.99. The van der Waals surface area contributed by atoms with Gasteiger partial charge in [0, 0.05) is 11.9 Å². The maximum absolute atomic E-state index is 12.5. The number of carbonyl (C=O) groups excluding carboxylic acids is 1. The van der Waals surface area contributed by atoms with Crippen LogP contribution in [0.3, 0.4) is 0 Å². The molecule has 1 aliphatic rings. The predicted molar refractivity (Wildman–Crippen MR) is 91.7 cm³/mol.